The van der Waals surface area contributed by atoms with Gasteiger partial charge >= 0.3 is 6.72 Å². The Kier molecular flexibility index (Phi) is 2.92. The Labute approximate surface area is 46.9 Å². The molecule has 0 aromatic carbocycles. The molecule has 0 bridgehead atoms. The molecule has 0 saturated heterocycles. The summed E-state index contributed by atoms with van der Waals surface area (Å²) in [4.78, 5) is 0. The van der Waals surface area contributed by atoms with Gasteiger partial charge in [0.1, 0.15) is 0 Å². The fourth-order valence-electron chi connectivity index (χ4n) is 0.0745. The summed E-state index contributed by atoms with van der Waals surface area (Å²) in [5, 5.41) is 0. The van der Waals surface area contributed by atoms with Crippen molar-refractivity contribution in [1.29, 1.82) is 0 Å². The number of hydrogen-bond acceptors (Lipinski definition) is 3. The van der Waals surface area contributed by atoms with Crippen LogP contribution in [0, 0.1) is 0 Å². The molecule has 44 valence electrons. The molecule has 0 aliphatic carbocycles. The van der Waals surface area contributed by atoms with Crippen LogP contribution in [0.1, 0.15) is 0 Å². The number of hydrogen-bond donors (Lipinski definition) is 1. The smallest absolute Gasteiger partial charge is 0.313 e. The average molecular weight is 141 g/mol. The number of nitrogens with two attached hydrogens (primary N) is 1. The van der Waals surface area contributed by atoms with Crippen LogP contribution in [-0.2, 0) is 9.09 Å². The van der Waals surface area contributed by atoms with E-state index in [1.54, 1.807) is 6.26 Å². The first-order valence-electron chi connectivity index (χ1n) is 1.62. The van der Waals surface area contributed by atoms with Crippen molar-refractivity contribution in [2.24, 2.45) is 5.50 Å². The molecule has 0 rings (SSSR count). The lowest BCUT2D eigenvalue weighted by molar-refractivity contribution is 0.410. The summed E-state index contributed by atoms with van der Waals surface area (Å²) in [7, 11) is 1.33. The van der Waals surface area contributed by atoms with Crippen LogP contribution in [0.15, 0.2) is 0 Å². The topological polar surface area (TPSA) is 52.3 Å². The molecule has 0 aromatic rings. The SMILES string of the molecule is CO[P@](N)(=O)SC. The van der Waals surface area contributed by atoms with E-state index in [1.165, 1.54) is 7.11 Å². The summed E-state index contributed by atoms with van der Waals surface area (Å²) in [5.41, 5.74) is 5.01. The fourth-order valence-corrected chi connectivity index (χ4v) is 0.671. The first-order chi connectivity index (χ1) is 3.12. The maximum Gasteiger partial charge on any atom is 0.323 e. The molecule has 2 N–H and O–H groups in total. The second-order valence-electron chi connectivity index (χ2n) is 0.905. The Morgan fingerprint density at radius 1 is 1.86 bits per heavy atom. The second kappa shape index (κ2) is 2.72. The monoisotopic (exact) mass is 141 g/mol. The molecule has 0 aliphatic rings. The third kappa shape index (κ3) is 3.12. The molecule has 0 radical (unpaired) electrons. The lowest BCUT2D eigenvalue weighted by Gasteiger charge is -2.02. The van der Waals surface area contributed by atoms with E-state index in [9.17, 15) is 4.57 Å². The zero-order valence-corrected chi connectivity index (χ0v) is 5.96. The minimum Gasteiger partial charge on any atom is -0.313 e. The summed E-state index contributed by atoms with van der Waals surface area (Å²) in [6.45, 7) is -2.74. The van der Waals surface area contributed by atoms with Gasteiger partial charge in [-0.2, -0.15) is 0 Å². The summed E-state index contributed by atoms with van der Waals surface area (Å²) >= 11 is 1.04. The van der Waals surface area contributed by atoms with Crippen molar-refractivity contribution in [3.05, 3.63) is 0 Å². The quantitative estimate of drug-likeness (QED) is 0.584. The van der Waals surface area contributed by atoms with Gasteiger partial charge in [0.2, 0.25) is 0 Å². The van der Waals surface area contributed by atoms with E-state index in [0.717, 1.165) is 11.4 Å². The Bertz CT molecular complexity index is 87.7. The molecule has 0 heterocycles. The highest BCUT2D eigenvalue weighted by atomic mass is 32.7. The van der Waals surface area contributed by atoms with Crippen LogP contribution in [0.3, 0.4) is 0 Å². The maximum atomic E-state index is 10.5. The predicted octanol–water partition coefficient (Wildman–Crippen LogP) is 1.06. The van der Waals surface area contributed by atoms with Gasteiger partial charge in [0, 0.05) is 7.11 Å². The Balaban J connectivity index is 3.61. The summed E-state index contributed by atoms with van der Waals surface area (Å²) in [6.07, 6.45) is 1.64. The molecule has 5 heteroatoms. The third-order valence-corrected chi connectivity index (χ3v) is 3.50. The van der Waals surface area contributed by atoms with Crippen LogP contribution in [0.5, 0.6) is 0 Å². The highest BCUT2D eigenvalue weighted by Crippen LogP contribution is 2.48. The molecule has 0 saturated carbocycles. The molecular formula is C2H8NO2PS. The van der Waals surface area contributed by atoms with Crippen molar-refractivity contribution in [1.82, 2.24) is 0 Å². The Hall–Kier alpha value is 0.500. The fraction of sp³-hybridized carbons (Fsp3) is 1.00. The van der Waals surface area contributed by atoms with Gasteiger partial charge in [0.05, 0.1) is 0 Å². The van der Waals surface area contributed by atoms with E-state index in [2.05, 4.69) is 4.52 Å². The standard InChI is InChI=1S/C2H8NO2PS/c1-5-6(3,4)7-2/h1-2H3,(H2,3,4)/t6-/m0/s1. The Morgan fingerprint density at radius 3 is 2.29 bits per heavy atom. The molecule has 0 unspecified atom stereocenters. The summed E-state index contributed by atoms with van der Waals surface area (Å²) in [6, 6.07) is 0. The third-order valence-electron chi connectivity index (χ3n) is 0.509. The van der Waals surface area contributed by atoms with E-state index < -0.39 is 6.72 Å². The van der Waals surface area contributed by atoms with Crippen molar-refractivity contribution in [2.45, 2.75) is 0 Å². The van der Waals surface area contributed by atoms with Crippen LogP contribution in [-0.4, -0.2) is 13.4 Å². The molecule has 3 nitrogen and oxygen atoms in total. The zero-order valence-electron chi connectivity index (χ0n) is 4.25. The molecule has 0 fully saturated rings. The van der Waals surface area contributed by atoms with Crippen LogP contribution in [0.4, 0.5) is 0 Å². The molecule has 0 amide bonds. The average Bonchev–Trinajstić information content (AvgIpc) is 1.68. The molecule has 0 aliphatic heterocycles. The first kappa shape index (κ1) is 7.50. The normalized spacial score (nSPS) is 18.7. The lowest BCUT2D eigenvalue weighted by Crippen LogP contribution is -1.89. The minimum atomic E-state index is -2.74. The van der Waals surface area contributed by atoms with Crippen molar-refractivity contribution in [3.63, 3.8) is 0 Å². The van der Waals surface area contributed by atoms with Gasteiger partial charge in [-0.05, 0) is 6.26 Å². The first-order valence-corrected chi connectivity index (χ1v) is 5.15. The van der Waals surface area contributed by atoms with E-state index in [1.807, 2.05) is 0 Å². The largest absolute Gasteiger partial charge is 0.323 e. The lowest BCUT2D eigenvalue weighted by atomic mass is 11.8. The van der Waals surface area contributed by atoms with E-state index in [4.69, 9.17) is 5.50 Å². The van der Waals surface area contributed by atoms with Gasteiger partial charge in [-0.25, -0.2) is 0 Å². The Morgan fingerprint density at radius 2 is 2.29 bits per heavy atom. The van der Waals surface area contributed by atoms with Crippen LogP contribution in [0.25, 0.3) is 0 Å². The molecule has 0 spiro atoms. The van der Waals surface area contributed by atoms with Crippen molar-refractivity contribution in [3.8, 4) is 0 Å². The van der Waals surface area contributed by atoms with Crippen LogP contribution < -0.4 is 5.50 Å². The highest BCUT2D eigenvalue weighted by Gasteiger charge is 2.09. The van der Waals surface area contributed by atoms with E-state index in [0.29, 0.717) is 0 Å². The van der Waals surface area contributed by atoms with Gasteiger partial charge in [0.25, 0.3) is 0 Å². The van der Waals surface area contributed by atoms with Gasteiger partial charge in [-0.15, -0.1) is 0 Å². The van der Waals surface area contributed by atoms with Gasteiger partial charge in [-0.3, -0.25) is 10.1 Å². The summed E-state index contributed by atoms with van der Waals surface area (Å²) in [5.74, 6) is 0. The van der Waals surface area contributed by atoms with Crippen molar-refractivity contribution >= 4 is 18.1 Å². The molecule has 1 atom stereocenters. The van der Waals surface area contributed by atoms with Crippen LogP contribution >= 0.6 is 18.1 Å². The zero-order chi connectivity index (χ0) is 5.91. The van der Waals surface area contributed by atoms with E-state index >= 15 is 0 Å². The molecule has 7 heavy (non-hydrogen) atoms. The maximum absolute atomic E-state index is 10.5. The van der Waals surface area contributed by atoms with Crippen LogP contribution in [0.2, 0.25) is 0 Å². The molecule has 0 aromatic heterocycles. The van der Waals surface area contributed by atoms with Crippen molar-refractivity contribution < 1.29 is 9.09 Å². The van der Waals surface area contributed by atoms with Crippen molar-refractivity contribution in [2.75, 3.05) is 13.4 Å². The van der Waals surface area contributed by atoms with E-state index in [-0.39, 0.29) is 0 Å². The van der Waals surface area contributed by atoms with Gasteiger partial charge < -0.3 is 4.52 Å². The van der Waals surface area contributed by atoms with Gasteiger partial charge in [-0.1, -0.05) is 11.4 Å². The summed E-state index contributed by atoms with van der Waals surface area (Å²) < 4.78 is 14.9. The second-order valence-corrected chi connectivity index (χ2v) is 5.34. The number of rotatable bonds is 2. The van der Waals surface area contributed by atoms with Gasteiger partial charge in [0.15, 0.2) is 0 Å². The minimum absolute atomic E-state index is 1.04. The predicted molar refractivity (Wildman–Crippen MR) is 32.3 cm³/mol. The molecular weight excluding hydrogens is 133 g/mol. The highest BCUT2D eigenvalue weighted by molar-refractivity contribution is 8.55.